The number of hydrogen-bond donors (Lipinski definition) is 1. The van der Waals surface area contributed by atoms with Crippen molar-refractivity contribution in [2.45, 2.75) is 6.54 Å². The van der Waals surface area contributed by atoms with E-state index < -0.39 is 0 Å². The van der Waals surface area contributed by atoms with E-state index >= 15 is 0 Å². The highest BCUT2D eigenvalue weighted by Crippen LogP contribution is 2.16. The number of hydrogen-bond acceptors (Lipinski definition) is 1. The van der Waals surface area contributed by atoms with Gasteiger partial charge in [-0.2, -0.15) is 0 Å². The van der Waals surface area contributed by atoms with Gasteiger partial charge in [0.15, 0.2) is 0 Å². The minimum Gasteiger partial charge on any atom is -0.351 e. The number of halogens is 1. The number of amides is 1. The molecule has 0 spiro atoms. The monoisotopic (exact) mass is 282 g/mol. The number of nitrogens with one attached hydrogen (secondary N) is 1. The lowest BCUT2D eigenvalue weighted by atomic mass is 10.1. The first-order valence-corrected chi connectivity index (χ1v) is 6.71. The average Bonchev–Trinajstić information content (AvgIpc) is 2.86. The quantitative estimate of drug-likeness (QED) is 0.786. The van der Waals surface area contributed by atoms with Gasteiger partial charge in [0.25, 0.3) is 5.91 Å². The standard InChI is InChI=1S/C17H15FN2O/c1-20-8-7-13-5-6-14(10-16(13)20)17(21)19-11-12-3-2-4-15(18)9-12/h2-10H,11H2,1H3,(H,19,21). The summed E-state index contributed by atoms with van der Waals surface area (Å²) in [5.41, 5.74) is 2.34. The van der Waals surface area contributed by atoms with Crippen LogP contribution in [0.1, 0.15) is 15.9 Å². The van der Waals surface area contributed by atoms with Crippen molar-refractivity contribution >= 4 is 16.8 Å². The van der Waals surface area contributed by atoms with Crippen molar-refractivity contribution in [3.63, 3.8) is 0 Å². The van der Waals surface area contributed by atoms with E-state index in [1.807, 2.05) is 36.0 Å². The van der Waals surface area contributed by atoms with E-state index in [-0.39, 0.29) is 11.7 Å². The number of aromatic nitrogens is 1. The van der Waals surface area contributed by atoms with Crippen molar-refractivity contribution < 1.29 is 9.18 Å². The molecule has 0 atom stereocenters. The van der Waals surface area contributed by atoms with Crippen molar-refractivity contribution in [3.8, 4) is 0 Å². The molecule has 3 nitrogen and oxygen atoms in total. The lowest BCUT2D eigenvalue weighted by Crippen LogP contribution is -2.22. The van der Waals surface area contributed by atoms with E-state index in [0.29, 0.717) is 12.1 Å². The second-order valence-corrected chi connectivity index (χ2v) is 5.01. The van der Waals surface area contributed by atoms with Gasteiger partial charge in [-0.3, -0.25) is 4.79 Å². The Hall–Kier alpha value is -2.62. The van der Waals surface area contributed by atoms with Crippen molar-refractivity contribution in [3.05, 3.63) is 71.7 Å². The molecule has 0 fully saturated rings. The Morgan fingerprint density at radius 3 is 2.86 bits per heavy atom. The fourth-order valence-electron chi connectivity index (χ4n) is 2.34. The molecule has 1 amide bonds. The molecule has 3 rings (SSSR count). The van der Waals surface area contributed by atoms with Gasteiger partial charge in [-0.1, -0.05) is 18.2 Å². The summed E-state index contributed by atoms with van der Waals surface area (Å²) in [5.74, 6) is -0.464. The number of fused-ring (bicyclic) bond motifs is 1. The molecule has 0 aliphatic carbocycles. The second kappa shape index (κ2) is 5.40. The van der Waals surface area contributed by atoms with Gasteiger partial charge in [-0.25, -0.2) is 4.39 Å². The summed E-state index contributed by atoms with van der Waals surface area (Å²) in [6, 6.07) is 13.8. The molecule has 3 aromatic rings. The van der Waals surface area contributed by atoms with Gasteiger partial charge >= 0.3 is 0 Å². The second-order valence-electron chi connectivity index (χ2n) is 5.01. The maximum absolute atomic E-state index is 13.1. The zero-order valence-corrected chi connectivity index (χ0v) is 11.6. The largest absolute Gasteiger partial charge is 0.351 e. The Morgan fingerprint density at radius 2 is 2.05 bits per heavy atom. The maximum Gasteiger partial charge on any atom is 0.251 e. The topological polar surface area (TPSA) is 34.0 Å². The fraction of sp³-hybridized carbons (Fsp3) is 0.118. The summed E-state index contributed by atoms with van der Waals surface area (Å²) >= 11 is 0. The van der Waals surface area contributed by atoms with Gasteiger partial charge in [-0.05, 0) is 41.3 Å². The highest BCUT2D eigenvalue weighted by atomic mass is 19.1. The molecule has 0 bridgehead atoms. The normalized spacial score (nSPS) is 10.8. The van der Waals surface area contributed by atoms with Gasteiger partial charge in [0.1, 0.15) is 5.82 Å². The van der Waals surface area contributed by atoms with Gasteiger partial charge in [0.2, 0.25) is 0 Å². The molecule has 2 aromatic carbocycles. The number of rotatable bonds is 3. The van der Waals surface area contributed by atoms with Crippen LogP contribution in [0, 0.1) is 5.82 Å². The zero-order chi connectivity index (χ0) is 14.8. The molecule has 4 heteroatoms. The summed E-state index contributed by atoms with van der Waals surface area (Å²) in [5, 5.41) is 3.90. The minimum atomic E-state index is -0.299. The van der Waals surface area contributed by atoms with E-state index in [4.69, 9.17) is 0 Å². The van der Waals surface area contributed by atoms with Crippen LogP contribution in [0.5, 0.6) is 0 Å². The van der Waals surface area contributed by atoms with Crippen LogP contribution in [-0.2, 0) is 13.6 Å². The minimum absolute atomic E-state index is 0.164. The van der Waals surface area contributed by atoms with Crippen molar-refractivity contribution in [1.82, 2.24) is 9.88 Å². The van der Waals surface area contributed by atoms with Gasteiger partial charge in [0, 0.05) is 30.9 Å². The van der Waals surface area contributed by atoms with E-state index in [1.165, 1.54) is 12.1 Å². The molecular weight excluding hydrogens is 267 g/mol. The Morgan fingerprint density at radius 1 is 1.19 bits per heavy atom. The third-order valence-corrected chi connectivity index (χ3v) is 3.49. The maximum atomic E-state index is 13.1. The average molecular weight is 282 g/mol. The summed E-state index contributed by atoms with van der Waals surface area (Å²) in [6.07, 6.45) is 1.96. The first-order chi connectivity index (χ1) is 10.1. The predicted octanol–water partition coefficient (Wildman–Crippen LogP) is 3.25. The molecule has 1 aromatic heterocycles. The molecule has 0 unspecified atom stereocenters. The smallest absolute Gasteiger partial charge is 0.251 e. The van der Waals surface area contributed by atoms with Crippen LogP contribution in [0.3, 0.4) is 0 Å². The molecule has 21 heavy (non-hydrogen) atoms. The number of nitrogens with zero attached hydrogens (tertiary/aromatic N) is 1. The lowest BCUT2D eigenvalue weighted by Gasteiger charge is -2.06. The third-order valence-electron chi connectivity index (χ3n) is 3.49. The van der Waals surface area contributed by atoms with Gasteiger partial charge < -0.3 is 9.88 Å². The van der Waals surface area contributed by atoms with Gasteiger partial charge in [0.05, 0.1) is 0 Å². The van der Waals surface area contributed by atoms with Gasteiger partial charge in [-0.15, -0.1) is 0 Å². The molecule has 1 heterocycles. The molecular formula is C17H15FN2O. The van der Waals surface area contributed by atoms with Crippen LogP contribution in [0.2, 0.25) is 0 Å². The Kier molecular flexibility index (Phi) is 3.44. The first kappa shape index (κ1) is 13.4. The third kappa shape index (κ3) is 2.79. The van der Waals surface area contributed by atoms with Crippen molar-refractivity contribution in [1.29, 1.82) is 0 Å². The summed E-state index contributed by atoms with van der Waals surface area (Å²) in [6.45, 7) is 0.307. The van der Waals surface area contributed by atoms with Crippen molar-refractivity contribution in [2.75, 3.05) is 0 Å². The molecule has 0 aliphatic heterocycles. The van der Waals surface area contributed by atoms with Crippen LogP contribution < -0.4 is 5.32 Å². The lowest BCUT2D eigenvalue weighted by molar-refractivity contribution is 0.0951. The summed E-state index contributed by atoms with van der Waals surface area (Å²) < 4.78 is 15.1. The first-order valence-electron chi connectivity index (χ1n) is 6.71. The van der Waals surface area contributed by atoms with Crippen LogP contribution in [0.25, 0.3) is 10.9 Å². The SMILES string of the molecule is Cn1ccc2ccc(C(=O)NCc3cccc(F)c3)cc21. The number of carbonyl (C=O) groups is 1. The molecule has 0 radical (unpaired) electrons. The summed E-state index contributed by atoms with van der Waals surface area (Å²) in [7, 11) is 1.94. The highest BCUT2D eigenvalue weighted by molar-refractivity contribution is 5.98. The fourth-order valence-corrected chi connectivity index (χ4v) is 2.34. The molecule has 106 valence electrons. The van der Waals surface area contributed by atoms with E-state index in [0.717, 1.165) is 16.5 Å². The van der Waals surface area contributed by atoms with Crippen molar-refractivity contribution in [2.24, 2.45) is 7.05 Å². The Balaban J connectivity index is 1.76. The Bertz CT molecular complexity index is 807. The number of benzene rings is 2. The van der Waals surface area contributed by atoms with Crippen LogP contribution in [-0.4, -0.2) is 10.5 Å². The highest BCUT2D eigenvalue weighted by Gasteiger charge is 2.07. The van der Waals surface area contributed by atoms with E-state index in [2.05, 4.69) is 5.32 Å². The predicted molar refractivity (Wildman–Crippen MR) is 80.5 cm³/mol. The summed E-state index contributed by atoms with van der Waals surface area (Å²) in [4.78, 5) is 12.2. The molecule has 1 N–H and O–H groups in total. The molecule has 0 saturated carbocycles. The Labute approximate surface area is 122 Å². The molecule has 0 aliphatic rings. The van der Waals surface area contributed by atoms with Crippen LogP contribution in [0.15, 0.2) is 54.7 Å². The molecule has 0 saturated heterocycles. The van der Waals surface area contributed by atoms with Crippen LogP contribution >= 0.6 is 0 Å². The number of aryl methyl sites for hydroxylation is 1. The van der Waals surface area contributed by atoms with E-state index in [9.17, 15) is 9.18 Å². The zero-order valence-electron chi connectivity index (χ0n) is 11.6. The van der Waals surface area contributed by atoms with E-state index in [1.54, 1.807) is 18.2 Å². The number of carbonyl (C=O) groups excluding carboxylic acids is 1. The van der Waals surface area contributed by atoms with Crippen LogP contribution in [0.4, 0.5) is 4.39 Å².